The van der Waals surface area contributed by atoms with Gasteiger partial charge in [-0.3, -0.25) is 0 Å². The largest absolute Gasteiger partial charge is 0.416 e. The van der Waals surface area contributed by atoms with E-state index in [4.69, 9.17) is 46.4 Å². The number of rotatable bonds is 3. The van der Waals surface area contributed by atoms with Crippen molar-refractivity contribution >= 4 is 78.3 Å². The van der Waals surface area contributed by atoms with Crippen molar-refractivity contribution in [1.29, 1.82) is 0 Å². The lowest BCUT2D eigenvalue weighted by molar-refractivity contribution is -0.137. The van der Waals surface area contributed by atoms with Gasteiger partial charge in [0.1, 0.15) is 5.69 Å². The summed E-state index contributed by atoms with van der Waals surface area (Å²) in [6, 6.07) is 1.61. The lowest BCUT2D eigenvalue weighted by Crippen LogP contribution is -2.07. The van der Waals surface area contributed by atoms with Crippen LogP contribution in [0.25, 0.3) is 5.69 Å². The van der Waals surface area contributed by atoms with Crippen LogP contribution < -0.4 is 0 Å². The van der Waals surface area contributed by atoms with E-state index >= 15 is 0 Å². The van der Waals surface area contributed by atoms with E-state index in [0.717, 1.165) is 24.1 Å². The molecule has 0 bridgehead atoms. The van der Waals surface area contributed by atoms with Crippen molar-refractivity contribution in [3.63, 3.8) is 0 Å². The first kappa shape index (κ1) is 20.1. The molecule has 0 amide bonds. The Morgan fingerprint density at radius 2 is 1.72 bits per heavy atom. The number of nitrogens with zero attached hydrogens (tertiary/aromatic N) is 2. The van der Waals surface area contributed by atoms with Gasteiger partial charge < -0.3 is 0 Å². The van der Waals surface area contributed by atoms with Crippen LogP contribution in [0.2, 0.25) is 10.0 Å². The van der Waals surface area contributed by atoms with Crippen LogP contribution in [0, 0.1) is 0 Å². The van der Waals surface area contributed by atoms with Gasteiger partial charge in [0.25, 0.3) is 0 Å². The zero-order chi connectivity index (χ0) is 18.7. The minimum absolute atomic E-state index is 0.0586. The zero-order valence-corrected chi connectivity index (χ0v) is 18.1. The van der Waals surface area contributed by atoms with E-state index in [1.54, 1.807) is 6.20 Å². The van der Waals surface area contributed by atoms with Gasteiger partial charge in [-0.2, -0.15) is 18.3 Å². The Morgan fingerprint density at radius 1 is 1.20 bits per heavy atom. The van der Waals surface area contributed by atoms with Crippen molar-refractivity contribution in [1.82, 2.24) is 9.78 Å². The molecule has 2 nitrogen and oxygen atoms in total. The second-order valence-corrected chi connectivity index (χ2v) is 11.3. The third-order valence-electron chi connectivity index (χ3n) is 3.75. The summed E-state index contributed by atoms with van der Waals surface area (Å²) in [6.45, 7) is 0. The standard InChI is InChI=1S/C14H7Br2Cl4F3N2/c15-13(16)3-7(13)6-4-25(24-10(6)12(19)20)11-8(17)1-5(2-9(11)18)14(21,22)23/h1-2,4,7,12H,3H2. The molecule has 1 saturated carbocycles. The molecular weight excluding hydrogens is 555 g/mol. The molecule has 0 radical (unpaired) electrons. The van der Waals surface area contributed by atoms with Gasteiger partial charge in [0.2, 0.25) is 0 Å². The summed E-state index contributed by atoms with van der Waals surface area (Å²) in [5.74, 6) is 0.0586. The predicted molar refractivity (Wildman–Crippen MR) is 101 cm³/mol. The number of halogens is 9. The average Bonchev–Trinajstić information content (AvgIpc) is 2.90. The molecule has 11 heteroatoms. The van der Waals surface area contributed by atoms with E-state index in [1.807, 2.05) is 0 Å². The number of hydrogen-bond acceptors (Lipinski definition) is 1. The summed E-state index contributed by atoms with van der Waals surface area (Å²) >= 11 is 31.1. The van der Waals surface area contributed by atoms with Gasteiger partial charge in [0, 0.05) is 17.7 Å². The van der Waals surface area contributed by atoms with Crippen molar-refractivity contribution in [3.8, 4) is 5.69 Å². The molecule has 25 heavy (non-hydrogen) atoms. The molecule has 136 valence electrons. The van der Waals surface area contributed by atoms with Crippen LogP contribution in [0.5, 0.6) is 0 Å². The van der Waals surface area contributed by atoms with Crippen molar-refractivity contribution in [2.24, 2.45) is 0 Å². The second-order valence-electron chi connectivity index (χ2n) is 5.52. The Bertz CT molecular complexity index is 813. The SMILES string of the molecule is FC(F)(F)c1cc(Cl)c(-n2cc(C3CC3(Br)Br)c(C(Cl)Cl)n2)c(Cl)c1. The van der Waals surface area contributed by atoms with E-state index in [0.29, 0.717) is 5.69 Å². The Hall–Kier alpha value is 0.340. The van der Waals surface area contributed by atoms with Crippen molar-refractivity contribution in [3.05, 3.63) is 45.2 Å². The smallest absolute Gasteiger partial charge is 0.237 e. The first-order valence-electron chi connectivity index (χ1n) is 6.74. The molecule has 0 N–H and O–H groups in total. The van der Waals surface area contributed by atoms with Gasteiger partial charge in [-0.15, -0.1) is 0 Å². The van der Waals surface area contributed by atoms with Crippen molar-refractivity contribution in [2.45, 2.75) is 26.6 Å². The zero-order valence-electron chi connectivity index (χ0n) is 11.9. The summed E-state index contributed by atoms with van der Waals surface area (Å²) in [5, 5.41) is 3.92. The fourth-order valence-electron chi connectivity index (χ4n) is 2.45. The van der Waals surface area contributed by atoms with Gasteiger partial charge in [-0.05, 0) is 18.6 Å². The Labute approximate surface area is 177 Å². The van der Waals surface area contributed by atoms with Gasteiger partial charge in [-0.25, -0.2) is 4.68 Å². The lowest BCUT2D eigenvalue weighted by atomic mass is 10.1. The first-order chi connectivity index (χ1) is 11.4. The highest BCUT2D eigenvalue weighted by Gasteiger charge is 2.53. The molecule has 1 unspecified atom stereocenters. The molecule has 1 aromatic heterocycles. The topological polar surface area (TPSA) is 17.8 Å². The molecule has 1 fully saturated rings. The van der Waals surface area contributed by atoms with Crippen LogP contribution in [0.1, 0.15) is 34.0 Å². The summed E-state index contributed by atoms with van der Waals surface area (Å²) in [5.41, 5.74) is 0.360. The van der Waals surface area contributed by atoms with Crippen LogP contribution in [0.4, 0.5) is 13.2 Å². The molecule has 1 atom stereocenters. The summed E-state index contributed by atoms with van der Waals surface area (Å²) in [6.07, 6.45) is -2.15. The molecule has 1 aliphatic rings. The van der Waals surface area contributed by atoms with Crippen LogP contribution in [-0.4, -0.2) is 13.0 Å². The van der Waals surface area contributed by atoms with Crippen LogP contribution >= 0.6 is 78.3 Å². The maximum Gasteiger partial charge on any atom is 0.416 e. The van der Waals surface area contributed by atoms with E-state index in [-0.39, 0.29) is 24.9 Å². The Morgan fingerprint density at radius 3 is 2.12 bits per heavy atom. The Balaban J connectivity index is 2.10. The fraction of sp³-hybridized carbons (Fsp3) is 0.357. The number of hydrogen-bond donors (Lipinski definition) is 0. The fourth-order valence-corrected chi connectivity index (χ4v) is 4.59. The highest BCUT2D eigenvalue weighted by Crippen LogP contribution is 2.63. The van der Waals surface area contributed by atoms with E-state index < -0.39 is 16.6 Å². The first-order valence-corrected chi connectivity index (χ1v) is 9.95. The highest BCUT2D eigenvalue weighted by molar-refractivity contribution is 9.25. The minimum atomic E-state index is -4.55. The van der Waals surface area contributed by atoms with Crippen molar-refractivity contribution < 1.29 is 13.2 Å². The molecule has 2 aromatic rings. The highest BCUT2D eigenvalue weighted by atomic mass is 79.9. The lowest BCUT2D eigenvalue weighted by Gasteiger charge is -2.12. The van der Waals surface area contributed by atoms with E-state index in [9.17, 15) is 13.2 Å². The maximum absolute atomic E-state index is 12.9. The van der Waals surface area contributed by atoms with Gasteiger partial charge in [-0.1, -0.05) is 78.3 Å². The Kier molecular flexibility index (Phi) is 5.42. The van der Waals surface area contributed by atoms with Gasteiger partial charge in [0.15, 0.2) is 4.84 Å². The summed E-state index contributed by atoms with van der Waals surface area (Å²) in [7, 11) is 0. The molecule has 0 saturated heterocycles. The van der Waals surface area contributed by atoms with Crippen LogP contribution in [0.3, 0.4) is 0 Å². The van der Waals surface area contributed by atoms with Crippen LogP contribution in [-0.2, 0) is 6.18 Å². The molecular formula is C14H7Br2Cl4F3N2. The number of aromatic nitrogens is 2. The summed E-state index contributed by atoms with van der Waals surface area (Å²) < 4.78 is 39.6. The normalized spacial score (nSPS) is 19.5. The quantitative estimate of drug-likeness (QED) is 0.352. The van der Waals surface area contributed by atoms with Gasteiger partial charge >= 0.3 is 6.18 Å². The molecule has 1 aliphatic carbocycles. The van der Waals surface area contributed by atoms with Crippen molar-refractivity contribution in [2.75, 3.05) is 0 Å². The third kappa shape index (κ3) is 3.97. The molecule has 0 spiro atoms. The van der Waals surface area contributed by atoms with Gasteiger partial charge in [0.05, 0.1) is 24.5 Å². The monoisotopic (exact) mass is 558 g/mol. The number of alkyl halides is 7. The summed E-state index contributed by atoms with van der Waals surface area (Å²) in [4.78, 5) is -0.903. The average molecular weight is 562 g/mol. The van der Waals surface area contributed by atoms with Crippen LogP contribution in [0.15, 0.2) is 18.3 Å². The molecule has 1 aromatic carbocycles. The predicted octanol–water partition coefficient (Wildman–Crippen LogP) is 7.65. The molecule has 0 aliphatic heterocycles. The molecule has 3 rings (SSSR count). The number of benzene rings is 1. The second kappa shape index (κ2) is 6.74. The van der Waals surface area contributed by atoms with E-state index in [1.165, 1.54) is 4.68 Å². The third-order valence-corrected chi connectivity index (χ3v) is 6.50. The molecule has 1 heterocycles. The maximum atomic E-state index is 12.9. The van der Waals surface area contributed by atoms with E-state index in [2.05, 4.69) is 37.0 Å². The minimum Gasteiger partial charge on any atom is -0.237 e.